The standard InChI is InChI=1S/C23H23ClN2O2S2/c24-16-6-3-9-18(14-16)26(21(27)15-19-10-4-12-29-19)22(20-11-5-13-30-20)23(28)25-17-7-1-2-8-17/h3-6,9-14,17,22H,1-2,7-8,15H2,(H,25,28). The Bertz CT molecular complexity index is 983. The van der Waals surface area contributed by atoms with Gasteiger partial charge in [0.15, 0.2) is 0 Å². The van der Waals surface area contributed by atoms with Crippen molar-refractivity contribution in [2.75, 3.05) is 4.90 Å². The highest BCUT2D eigenvalue weighted by Crippen LogP contribution is 2.33. The smallest absolute Gasteiger partial charge is 0.248 e. The molecule has 7 heteroatoms. The SMILES string of the molecule is O=C(NC1CCCC1)C(c1cccs1)N(C(=O)Cc1cccs1)c1cccc(Cl)c1. The van der Waals surface area contributed by atoms with E-state index < -0.39 is 6.04 Å². The fourth-order valence-corrected chi connectivity index (χ4v) is 5.57. The second-order valence-corrected chi connectivity index (χ2v) is 9.86. The van der Waals surface area contributed by atoms with Crippen LogP contribution in [0.5, 0.6) is 0 Å². The topological polar surface area (TPSA) is 49.4 Å². The molecule has 30 heavy (non-hydrogen) atoms. The fraction of sp³-hybridized carbons (Fsp3) is 0.304. The van der Waals surface area contributed by atoms with Crippen LogP contribution in [-0.4, -0.2) is 17.9 Å². The van der Waals surface area contributed by atoms with Crippen LogP contribution in [0.25, 0.3) is 0 Å². The number of hydrogen-bond donors (Lipinski definition) is 1. The normalized spacial score (nSPS) is 15.1. The number of thiophene rings is 2. The highest BCUT2D eigenvalue weighted by molar-refractivity contribution is 7.10. The van der Waals surface area contributed by atoms with E-state index in [4.69, 9.17) is 11.6 Å². The molecule has 0 bridgehead atoms. The molecule has 1 aliphatic carbocycles. The first kappa shape index (κ1) is 21.1. The largest absolute Gasteiger partial charge is 0.351 e. The Morgan fingerprint density at radius 2 is 1.83 bits per heavy atom. The summed E-state index contributed by atoms with van der Waals surface area (Å²) >= 11 is 9.27. The lowest BCUT2D eigenvalue weighted by Crippen LogP contribution is -2.46. The Kier molecular flexibility index (Phi) is 6.87. The van der Waals surface area contributed by atoms with Crippen molar-refractivity contribution in [3.63, 3.8) is 0 Å². The van der Waals surface area contributed by atoms with Gasteiger partial charge in [0.2, 0.25) is 11.8 Å². The Morgan fingerprint density at radius 1 is 1.07 bits per heavy atom. The van der Waals surface area contributed by atoms with E-state index in [1.165, 1.54) is 22.7 Å². The van der Waals surface area contributed by atoms with Gasteiger partial charge < -0.3 is 5.32 Å². The summed E-state index contributed by atoms with van der Waals surface area (Å²) in [5, 5.41) is 7.61. The van der Waals surface area contributed by atoms with E-state index in [9.17, 15) is 9.59 Å². The lowest BCUT2D eigenvalue weighted by Gasteiger charge is -2.31. The minimum Gasteiger partial charge on any atom is -0.351 e. The summed E-state index contributed by atoms with van der Waals surface area (Å²) in [6, 6.07) is 14.3. The number of anilines is 1. The molecule has 2 amide bonds. The third-order valence-corrected chi connectivity index (χ3v) is 7.32. The molecular formula is C23H23ClN2O2S2. The summed E-state index contributed by atoms with van der Waals surface area (Å²) in [5.74, 6) is -0.261. The molecule has 1 fully saturated rings. The van der Waals surface area contributed by atoms with Crippen LogP contribution in [0.3, 0.4) is 0 Å². The minimum atomic E-state index is -0.725. The molecule has 156 valence electrons. The van der Waals surface area contributed by atoms with Gasteiger partial charge in [-0.3, -0.25) is 14.5 Å². The zero-order valence-electron chi connectivity index (χ0n) is 16.4. The molecule has 2 heterocycles. The number of rotatable bonds is 7. The maximum absolute atomic E-state index is 13.5. The van der Waals surface area contributed by atoms with E-state index in [-0.39, 0.29) is 24.3 Å². The number of nitrogens with zero attached hydrogens (tertiary/aromatic N) is 1. The van der Waals surface area contributed by atoms with Gasteiger partial charge in [-0.05, 0) is 53.9 Å². The predicted molar refractivity (Wildman–Crippen MR) is 124 cm³/mol. The molecule has 0 spiro atoms. The summed E-state index contributed by atoms with van der Waals surface area (Å²) in [6.45, 7) is 0. The average molecular weight is 459 g/mol. The Morgan fingerprint density at radius 3 is 2.50 bits per heavy atom. The van der Waals surface area contributed by atoms with Crippen molar-refractivity contribution >= 4 is 51.8 Å². The molecule has 1 atom stereocenters. The first-order chi connectivity index (χ1) is 14.6. The molecule has 1 saturated carbocycles. The lowest BCUT2D eigenvalue weighted by molar-refractivity contribution is -0.126. The van der Waals surface area contributed by atoms with Gasteiger partial charge in [-0.2, -0.15) is 0 Å². The molecule has 1 N–H and O–H groups in total. The van der Waals surface area contributed by atoms with E-state index in [2.05, 4.69) is 5.32 Å². The van der Waals surface area contributed by atoms with Crippen LogP contribution < -0.4 is 10.2 Å². The van der Waals surface area contributed by atoms with Gasteiger partial charge in [-0.25, -0.2) is 0 Å². The quantitative estimate of drug-likeness (QED) is 0.483. The van der Waals surface area contributed by atoms with E-state index >= 15 is 0 Å². The predicted octanol–water partition coefficient (Wildman–Crippen LogP) is 5.84. The Labute approximate surface area is 189 Å². The third-order valence-electron chi connectivity index (χ3n) is 5.28. The van der Waals surface area contributed by atoms with Crippen LogP contribution >= 0.6 is 34.3 Å². The number of carbonyl (C=O) groups excluding carboxylic acids is 2. The number of amides is 2. The number of benzene rings is 1. The van der Waals surface area contributed by atoms with Crippen LogP contribution in [0, 0.1) is 0 Å². The molecule has 4 nitrogen and oxygen atoms in total. The number of hydrogen-bond acceptors (Lipinski definition) is 4. The second-order valence-electron chi connectivity index (χ2n) is 7.41. The molecule has 0 aliphatic heterocycles. The maximum atomic E-state index is 13.5. The fourth-order valence-electron chi connectivity index (χ4n) is 3.88. The molecular weight excluding hydrogens is 436 g/mol. The van der Waals surface area contributed by atoms with Crippen molar-refractivity contribution < 1.29 is 9.59 Å². The number of nitrogens with one attached hydrogen (secondary N) is 1. The highest BCUT2D eigenvalue weighted by atomic mass is 35.5. The van der Waals surface area contributed by atoms with E-state index in [0.29, 0.717) is 10.7 Å². The molecule has 0 radical (unpaired) electrons. The molecule has 4 rings (SSSR count). The summed E-state index contributed by atoms with van der Waals surface area (Å²) in [6.07, 6.45) is 4.48. The van der Waals surface area contributed by atoms with Crippen molar-refractivity contribution in [2.45, 2.75) is 44.2 Å². The van der Waals surface area contributed by atoms with E-state index in [1.807, 2.05) is 47.2 Å². The molecule has 2 aromatic heterocycles. The van der Waals surface area contributed by atoms with E-state index in [0.717, 1.165) is 35.4 Å². The summed E-state index contributed by atoms with van der Waals surface area (Å²) < 4.78 is 0. The third kappa shape index (κ3) is 4.94. The first-order valence-corrected chi connectivity index (χ1v) is 12.2. The van der Waals surface area contributed by atoms with Gasteiger partial charge in [0.25, 0.3) is 0 Å². The van der Waals surface area contributed by atoms with Crippen LogP contribution in [0.15, 0.2) is 59.3 Å². The van der Waals surface area contributed by atoms with Crippen molar-refractivity contribution in [3.8, 4) is 0 Å². The van der Waals surface area contributed by atoms with Crippen molar-refractivity contribution in [1.82, 2.24) is 5.32 Å². The lowest BCUT2D eigenvalue weighted by atomic mass is 10.1. The molecule has 1 aliphatic rings. The maximum Gasteiger partial charge on any atom is 0.248 e. The monoisotopic (exact) mass is 458 g/mol. The van der Waals surface area contributed by atoms with Gasteiger partial charge in [0.1, 0.15) is 6.04 Å². The highest BCUT2D eigenvalue weighted by Gasteiger charge is 2.35. The van der Waals surface area contributed by atoms with Crippen LogP contribution in [-0.2, 0) is 16.0 Å². The zero-order chi connectivity index (χ0) is 20.9. The molecule has 1 unspecified atom stereocenters. The number of halogens is 1. The summed E-state index contributed by atoms with van der Waals surface area (Å²) in [4.78, 5) is 30.4. The van der Waals surface area contributed by atoms with Crippen LogP contribution in [0.4, 0.5) is 5.69 Å². The van der Waals surface area contributed by atoms with Gasteiger partial charge in [-0.1, -0.05) is 42.6 Å². The molecule has 3 aromatic rings. The van der Waals surface area contributed by atoms with Gasteiger partial charge >= 0.3 is 0 Å². The molecule has 0 saturated heterocycles. The van der Waals surface area contributed by atoms with Crippen molar-refractivity contribution in [1.29, 1.82) is 0 Å². The summed E-state index contributed by atoms with van der Waals surface area (Å²) in [7, 11) is 0. The number of carbonyl (C=O) groups is 2. The van der Waals surface area contributed by atoms with Gasteiger partial charge in [-0.15, -0.1) is 22.7 Å². The van der Waals surface area contributed by atoms with Crippen LogP contribution in [0.2, 0.25) is 5.02 Å². The Hall–Kier alpha value is -2.15. The van der Waals surface area contributed by atoms with E-state index in [1.54, 1.807) is 17.0 Å². The van der Waals surface area contributed by atoms with Gasteiger partial charge in [0, 0.05) is 26.5 Å². The van der Waals surface area contributed by atoms with Gasteiger partial charge in [0.05, 0.1) is 6.42 Å². The second kappa shape index (κ2) is 9.77. The minimum absolute atomic E-state index is 0.125. The first-order valence-electron chi connectivity index (χ1n) is 10.1. The average Bonchev–Trinajstić information content (AvgIpc) is 3.49. The van der Waals surface area contributed by atoms with Crippen molar-refractivity contribution in [3.05, 3.63) is 74.1 Å². The van der Waals surface area contributed by atoms with Crippen LogP contribution in [0.1, 0.15) is 41.5 Å². The molecule has 1 aromatic carbocycles. The zero-order valence-corrected chi connectivity index (χ0v) is 18.8. The van der Waals surface area contributed by atoms with Crippen molar-refractivity contribution in [2.24, 2.45) is 0 Å². The summed E-state index contributed by atoms with van der Waals surface area (Å²) in [5.41, 5.74) is 0.629. The Balaban J connectivity index is 1.71.